The fourth-order valence-electron chi connectivity index (χ4n) is 3.68. The average molecular weight is 429 g/mol. The minimum Gasteiger partial charge on any atom is -0.488 e. The maximum Gasteiger partial charge on any atom is 0.222 e. The normalized spacial score (nSPS) is 14.9. The van der Waals surface area contributed by atoms with Crippen LogP contribution in [0.5, 0.6) is 5.75 Å². The van der Waals surface area contributed by atoms with E-state index in [-0.39, 0.29) is 12.0 Å². The lowest BCUT2D eigenvalue weighted by molar-refractivity contribution is -0.132. The molecule has 4 rings (SSSR count). The van der Waals surface area contributed by atoms with Gasteiger partial charge < -0.3 is 9.64 Å². The lowest BCUT2D eigenvalue weighted by Gasteiger charge is -2.32. The molecule has 150 valence electrons. The van der Waals surface area contributed by atoms with Crippen LogP contribution in [-0.4, -0.2) is 35.0 Å². The van der Waals surface area contributed by atoms with E-state index in [4.69, 9.17) is 27.9 Å². The second-order valence-corrected chi connectivity index (χ2v) is 8.09. The fraction of sp³-hybridized carbons (Fsp3) is 0.304. The van der Waals surface area contributed by atoms with E-state index in [1.165, 1.54) is 0 Å². The molecule has 0 bridgehead atoms. The summed E-state index contributed by atoms with van der Waals surface area (Å²) in [5, 5.41) is 2.13. The van der Waals surface area contributed by atoms with Crippen molar-refractivity contribution in [2.75, 3.05) is 13.1 Å². The molecule has 3 aromatic rings. The van der Waals surface area contributed by atoms with Gasteiger partial charge in [-0.05, 0) is 36.2 Å². The Hall–Kier alpha value is -2.30. The maximum atomic E-state index is 12.6. The summed E-state index contributed by atoms with van der Waals surface area (Å²) in [6.07, 6.45) is 4.65. The molecule has 2 aromatic carbocycles. The van der Waals surface area contributed by atoms with Crippen molar-refractivity contribution in [3.8, 4) is 5.75 Å². The molecular formula is C23H22Cl2N2O2. The Bertz CT molecular complexity index is 1010. The van der Waals surface area contributed by atoms with Crippen molar-refractivity contribution in [3.63, 3.8) is 0 Å². The van der Waals surface area contributed by atoms with Gasteiger partial charge in [0.25, 0.3) is 0 Å². The molecule has 0 unspecified atom stereocenters. The Kier molecular flexibility index (Phi) is 6.22. The standard InChI is InChI=1S/C23H22Cl2N2O2/c24-19-8-6-16(15-20(19)25)7-9-22(28)27-13-10-18(11-14-27)29-21-5-1-3-17-4-2-12-26-23(17)21/h1-6,8,12,15,18H,7,9-11,13-14H2. The molecule has 29 heavy (non-hydrogen) atoms. The zero-order valence-corrected chi connectivity index (χ0v) is 17.5. The van der Waals surface area contributed by atoms with Crippen molar-refractivity contribution in [2.24, 2.45) is 0 Å². The number of aryl methyl sites for hydroxylation is 1. The summed E-state index contributed by atoms with van der Waals surface area (Å²) in [6, 6.07) is 15.5. The van der Waals surface area contributed by atoms with Gasteiger partial charge >= 0.3 is 0 Å². The molecule has 1 aliphatic heterocycles. The van der Waals surface area contributed by atoms with E-state index >= 15 is 0 Å². The van der Waals surface area contributed by atoms with Gasteiger partial charge in [0.15, 0.2) is 0 Å². The highest BCUT2D eigenvalue weighted by Crippen LogP contribution is 2.27. The largest absolute Gasteiger partial charge is 0.488 e. The molecule has 1 amide bonds. The van der Waals surface area contributed by atoms with Gasteiger partial charge in [0.1, 0.15) is 17.4 Å². The summed E-state index contributed by atoms with van der Waals surface area (Å²) in [5.74, 6) is 0.980. The lowest BCUT2D eigenvalue weighted by atomic mass is 10.1. The van der Waals surface area contributed by atoms with Crippen molar-refractivity contribution >= 4 is 40.0 Å². The van der Waals surface area contributed by atoms with E-state index in [9.17, 15) is 4.79 Å². The molecule has 0 saturated carbocycles. The van der Waals surface area contributed by atoms with Crippen LogP contribution in [0.2, 0.25) is 10.0 Å². The van der Waals surface area contributed by atoms with Crippen LogP contribution in [0.1, 0.15) is 24.8 Å². The summed E-state index contributed by atoms with van der Waals surface area (Å²) in [4.78, 5) is 19.0. The first-order valence-corrected chi connectivity index (χ1v) is 10.6. The minimum absolute atomic E-state index is 0.0988. The molecular weight excluding hydrogens is 407 g/mol. The van der Waals surface area contributed by atoms with Gasteiger partial charge in [-0.2, -0.15) is 0 Å². The van der Waals surface area contributed by atoms with Crippen molar-refractivity contribution in [2.45, 2.75) is 31.8 Å². The van der Waals surface area contributed by atoms with E-state index in [2.05, 4.69) is 4.98 Å². The quantitative estimate of drug-likeness (QED) is 0.535. The van der Waals surface area contributed by atoms with Crippen LogP contribution in [-0.2, 0) is 11.2 Å². The second kappa shape index (κ2) is 9.02. The van der Waals surface area contributed by atoms with Gasteiger partial charge in [0, 0.05) is 43.9 Å². The Labute approximate surface area is 180 Å². The van der Waals surface area contributed by atoms with Crippen LogP contribution in [0.15, 0.2) is 54.7 Å². The van der Waals surface area contributed by atoms with Crippen LogP contribution in [0.25, 0.3) is 10.9 Å². The van der Waals surface area contributed by atoms with Crippen LogP contribution in [0.4, 0.5) is 0 Å². The molecule has 4 nitrogen and oxygen atoms in total. The van der Waals surface area contributed by atoms with E-state index in [1.54, 1.807) is 12.3 Å². The van der Waals surface area contributed by atoms with E-state index in [0.29, 0.717) is 36.0 Å². The molecule has 0 radical (unpaired) electrons. The first kappa shape index (κ1) is 20.0. The molecule has 0 N–H and O–H groups in total. The third kappa shape index (κ3) is 4.82. The topological polar surface area (TPSA) is 42.4 Å². The molecule has 0 spiro atoms. The van der Waals surface area contributed by atoms with Crippen LogP contribution in [0, 0.1) is 0 Å². The lowest BCUT2D eigenvalue weighted by Crippen LogP contribution is -2.41. The molecule has 0 aliphatic carbocycles. The number of likely N-dealkylation sites (tertiary alicyclic amines) is 1. The van der Waals surface area contributed by atoms with E-state index < -0.39 is 0 Å². The summed E-state index contributed by atoms with van der Waals surface area (Å²) in [5.41, 5.74) is 1.91. The number of pyridine rings is 1. The monoisotopic (exact) mass is 428 g/mol. The Morgan fingerprint density at radius 2 is 1.86 bits per heavy atom. The van der Waals surface area contributed by atoms with Crippen LogP contribution < -0.4 is 4.74 Å². The molecule has 1 saturated heterocycles. The molecule has 0 atom stereocenters. The number of fused-ring (bicyclic) bond motifs is 1. The molecule has 1 aliphatic rings. The predicted octanol–water partition coefficient (Wildman–Crippen LogP) is 5.54. The molecule has 1 fully saturated rings. The Morgan fingerprint density at radius 3 is 2.66 bits per heavy atom. The first-order valence-electron chi connectivity index (χ1n) is 9.82. The van der Waals surface area contributed by atoms with Gasteiger partial charge in [0.05, 0.1) is 10.0 Å². The maximum absolute atomic E-state index is 12.6. The van der Waals surface area contributed by atoms with Gasteiger partial charge in [-0.1, -0.05) is 47.5 Å². The van der Waals surface area contributed by atoms with Gasteiger partial charge in [-0.3, -0.25) is 9.78 Å². The highest BCUT2D eigenvalue weighted by Gasteiger charge is 2.24. The molecule has 1 aromatic heterocycles. The summed E-state index contributed by atoms with van der Waals surface area (Å²) < 4.78 is 6.22. The third-order valence-electron chi connectivity index (χ3n) is 5.30. The number of aromatic nitrogens is 1. The SMILES string of the molecule is O=C(CCc1ccc(Cl)c(Cl)c1)N1CCC(Oc2cccc3cccnc23)CC1. The zero-order valence-electron chi connectivity index (χ0n) is 16.0. The number of piperidine rings is 1. The van der Waals surface area contributed by atoms with Gasteiger partial charge in [-0.25, -0.2) is 0 Å². The fourth-order valence-corrected chi connectivity index (χ4v) is 4.00. The number of ether oxygens (including phenoxy) is 1. The minimum atomic E-state index is 0.0988. The highest BCUT2D eigenvalue weighted by atomic mass is 35.5. The van der Waals surface area contributed by atoms with Gasteiger partial charge in [0.2, 0.25) is 5.91 Å². The number of para-hydroxylation sites is 1. The highest BCUT2D eigenvalue weighted by molar-refractivity contribution is 6.42. The summed E-state index contributed by atoms with van der Waals surface area (Å²) in [7, 11) is 0. The number of carbonyl (C=O) groups excluding carboxylic acids is 1. The zero-order chi connectivity index (χ0) is 20.2. The van der Waals surface area contributed by atoms with Crippen molar-refractivity contribution in [1.82, 2.24) is 9.88 Å². The Balaban J connectivity index is 1.29. The number of rotatable bonds is 5. The number of halogens is 2. The summed E-state index contributed by atoms with van der Waals surface area (Å²) >= 11 is 12.0. The number of hydrogen-bond donors (Lipinski definition) is 0. The van der Waals surface area contributed by atoms with E-state index in [0.717, 1.165) is 35.1 Å². The Morgan fingerprint density at radius 1 is 1.07 bits per heavy atom. The van der Waals surface area contributed by atoms with E-state index in [1.807, 2.05) is 47.4 Å². The molecule has 2 heterocycles. The summed E-state index contributed by atoms with van der Waals surface area (Å²) in [6.45, 7) is 1.42. The number of hydrogen-bond acceptors (Lipinski definition) is 3. The average Bonchev–Trinajstić information content (AvgIpc) is 2.75. The van der Waals surface area contributed by atoms with Crippen LogP contribution >= 0.6 is 23.2 Å². The second-order valence-electron chi connectivity index (χ2n) is 7.28. The first-order chi connectivity index (χ1) is 14.1. The number of carbonyl (C=O) groups is 1. The smallest absolute Gasteiger partial charge is 0.222 e. The van der Waals surface area contributed by atoms with Gasteiger partial charge in [-0.15, -0.1) is 0 Å². The third-order valence-corrected chi connectivity index (χ3v) is 6.03. The van der Waals surface area contributed by atoms with Crippen molar-refractivity contribution in [1.29, 1.82) is 0 Å². The van der Waals surface area contributed by atoms with Crippen molar-refractivity contribution < 1.29 is 9.53 Å². The molecule has 6 heteroatoms. The predicted molar refractivity (Wildman–Crippen MR) is 117 cm³/mol. The van der Waals surface area contributed by atoms with Crippen LogP contribution in [0.3, 0.4) is 0 Å². The number of benzene rings is 2. The number of nitrogens with zero attached hydrogens (tertiary/aromatic N) is 2. The van der Waals surface area contributed by atoms with Crippen molar-refractivity contribution in [3.05, 3.63) is 70.3 Å². The number of amides is 1.